The Balaban J connectivity index is 2.26. The molecule has 0 bridgehead atoms. The van der Waals surface area contributed by atoms with Crippen molar-refractivity contribution in [1.82, 2.24) is 0 Å². The van der Waals surface area contributed by atoms with Crippen LogP contribution in [0.4, 0.5) is 0 Å². The molecule has 0 aromatic heterocycles. The average Bonchev–Trinajstić information content (AvgIpc) is 2.66. The van der Waals surface area contributed by atoms with E-state index in [0.717, 1.165) is 0 Å². The van der Waals surface area contributed by atoms with Crippen LogP contribution in [0.2, 0.25) is 0 Å². The van der Waals surface area contributed by atoms with Gasteiger partial charge in [-0.25, -0.2) is 0 Å². The van der Waals surface area contributed by atoms with Crippen LogP contribution in [0.25, 0.3) is 6.08 Å². The standard InChI is InChI=1S/C17H21.Li/c1-16(2)8-9-17(3,4)15-11-13-7-5-6-12(13)10-14(15)16;/h5-7,10-11H,8-9H2,1-4H3;. The van der Waals surface area contributed by atoms with Gasteiger partial charge in [0.25, 0.3) is 0 Å². The van der Waals surface area contributed by atoms with E-state index in [-0.39, 0.29) is 0 Å². The second-order valence-electron chi connectivity index (χ2n) is 7.44. The quantitative estimate of drug-likeness (QED) is 0.586. The minimum atomic E-state index is 0.333. The number of rotatable bonds is 0. The normalized spacial score (nSPS) is 26.9. The number of fused-ring (bicyclic) bond motifs is 2. The fourth-order valence-corrected chi connectivity index (χ4v) is 3.54. The number of benzene rings is 1. The molecule has 3 rings (SSSR count). The Bertz CT molecular complexity index is 535. The van der Waals surface area contributed by atoms with E-state index in [9.17, 15) is 0 Å². The predicted octanol–water partition coefficient (Wildman–Crippen LogP) is 4.27. The van der Waals surface area contributed by atoms with Gasteiger partial charge in [-0.3, -0.25) is 0 Å². The van der Waals surface area contributed by atoms with Crippen LogP contribution < -0.4 is 0 Å². The van der Waals surface area contributed by atoms with Crippen LogP contribution in [0.1, 0.15) is 67.4 Å². The van der Waals surface area contributed by atoms with Gasteiger partial charge in [0.1, 0.15) is 0 Å². The number of hydrogen-bond acceptors (Lipinski definition) is 0. The van der Waals surface area contributed by atoms with Crippen LogP contribution in [-0.4, -0.2) is 17.7 Å². The molecule has 0 amide bonds. The summed E-state index contributed by atoms with van der Waals surface area (Å²) < 4.78 is 0.589. The molecule has 0 radical (unpaired) electrons. The Morgan fingerprint density at radius 1 is 1.00 bits per heavy atom. The molecule has 1 aromatic rings. The first-order chi connectivity index (χ1) is 8.31. The van der Waals surface area contributed by atoms with Crippen LogP contribution in [0.3, 0.4) is 0 Å². The molecule has 0 saturated heterocycles. The van der Waals surface area contributed by atoms with Crippen LogP contribution in [0.5, 0.6) is 0 Å². The molecule has 0 spiro atoms. The molecule has 90 valence electrons. The van der Waals surface area contributed by atoms with Gasteiger partial charge >= 0.3 is 120 Å². The second kappa shape index (κ2) is 3.78. The molecule has 0 nitrogen and oxygen atoms in total. The Morgan fingerprint density at radius 2 is 1.56 bits per heavy atom. The molecule has 2 aliphatic rings. The van der Waals surface area contributed by atoms with Gasteiger partial charge in [-0.15, -0.1) is 0 Å². The zero-order valence-corrected chi connectivity index (χ0v) is 12.3. The van der Waals surface area contributed by atoms with E-state index in [4.69, 9.17) is 0 Å². The third-order valence-electron chi connectivity index (χ3n) is 5.11. The van der Waals surface area contributed by atoms with Gasteiger partial charge in [-0.2, -0.15) is 0 Å². The summed E-state index contributed by atoms with van der Waals surface area (Å²) in [4.78, 5) is 0. The van der Waals surface area contributed by atoms with E-state index in [0.29, 0.717) is 15.4 Å². The summed E-state index contributed by atoms with van der Waals surface area (Å²) in [7, 11) is 0. The van der Waals surface area contributed by atoms with Gasteiger partial charge in [-0.1, -0.05) is 0 Å². The van der Waals surface area contributed by atoms with Crippen LogP contribution in [0, 0.1) is 0 Å². The van der Waals surface area contributed by atoms with Crippen molar-refractivity contribution in [3.8, 4) is 0 Å². The van der Waals surface area contributed by atoms with Gasteiger partial charge in [0.2, 0.25) is 0 Å². The average molecular weight is 232 g/mol. The van der Waals surface area contributed by atoms with E-state index < -0.39 is 0 Å². The molecule has 1 aromatic carbocycles. The maximum absolute atomic E-state index is 2.50. The molecule has 1 unspecified atom stereocenters. The summed E-state index contributed by atoms with van der Waals surface area (Å²) in [5.74, 6) is 0. The molecule has 0 saturated carbocycles. The van der Waals surface area contributed by atoms with E-state index >= 15 is 0 Å². The summed E-state index contributed by atoms with van der Waals surface area (Å²) in [6.45, 7) is 9.60. The maximum atomic E-state index is 2.50. The SMILES string of the molecule is [Li][CH]1C=Cc2cc3c(cc21)C(C)(C)CCC3(C)C. The van der Waals surface area contributed by atoms with Crippen LogP contribution in [0.15, 0.2) is 18.2 Å². The minimum absolute atomic E-state index is 0.333. The molecule has 2 aliphatic carbocycles. The zero-order valence-electron chi connectivity index (χ0n) is 12.3. The molecule has 0 heterocycles. The van der Waals surface area contributed by atoms with E-state index in [1.165, 1.54) is 24.0 Å². The van der Waals surface area contributed by atoms with Crippen LogP contribution >= 0.6 is 0 Å². The molecule has 0 fully saturated rings. The van der Waals surface area contributed by atoms with Gasteiger partial charge in [0.15, 0.2) is 0 Å². The molecule has 18 heavy (non-hydrogen) atoms. The zero-order chi connectivity index (χ0) is 13.1. The monoisotopic (exact) mass is 232 g/mol. The van der Waals surface area contributed by atoms with E-state index in [1.807, 2.05) is 0 Å². The molecule has 0 N–H and O–H groups in total. The summed E-state index contributed by atoms with van der Waals surface area (Å²) in [6, 6.07) is 4.96. The molecule has 1 heteroatoms. The van der Waals surface area contributed by atoms with Crippen molar-refractivity contribution in [2.45, 2.75) is 56.0 Å². The van der Waals surface area contributed by atoms with Crippen LogP contribution in [-0.2, 0) is 10.8 Å². The van der Waals surface area contributed by atoms with Crippen molar-refractivity contribution in [2.75, 3.05) is 0 Å². The van der Waals surface area contributed by atoms with E-state index in [2.05, 4.69) is 69.7 Å². The third kappa shape index (κ3) is 1.74. The first-order valence-corrected chi connectivity index (χ1v) is 7.18. The molecule has 1 atom stereocenters. The van der Waals surface area contributed by atoms with Gasteiger partial charge in [-0.05, 0) is 0 Å². The Kier molecular flexibility index (Phi) is 2.64. The Labute approximate surface area is 120 Å². The van der Waals surface area contributed by atoms with E-state index in [1.54, 1.807) is 11.1 Å². The van der Waals surface area contributed by atoms with Gasteiger partial charge < -0.3 is 0 Å². The summed E-state index contributed by atoms with van der Waals surface area (Å²) in [5.41, 5.74) is 6.82. The molecular formula is C17H21Li. The second-order valence-corrected chi connectivity index (χ2v) is 7.44. The number of allylic oxidation sites excluding steroid dienone is 1. The summed E-state index contributed by atoms with van der Waals surface area (Å²) in [6.07, 6.45) is 7.23. The van der Waals surface area contributed by atoms with Gasteiger partial charge in [0.05, 0.1) is 0 Å². The van der Waals surface area contributed by atoms with Crippen molar-refractivity contribution in [3.05, 3.63) is 40.5 Å². The van der Waals surface area contributed by atoms with Crippen molar-refractivity contribution in [1.29, 1.82) is 0 Å². The first kappa shape index (κ1) is 12.6. The Morgan fingerprint density at radius 3 is 2.17 bits per heavy atom. The fraction of sp³-hybridized carbons (Fsp3) is 0.529. The topological polar surface area (TPSA) is 0 Å². The summed E-state index contributed by atoms with van der Waals surface area (Å²) >= 11 is 2.30. The van der Waals surface area contributed by atoms with Crippen molar-refractivity contribution in [3.63, 3.8) is 0 Å². The van der Waals surface area contributed by atoms with Crippen molar-refractivity contribution < 1.29 is 0 Å². The summed E-state index contributed by atoms with van der Waals surface area (Å²) in [5, 5.41) is 0. The number of hydrogen-bond donors (Lipinski definition) is 0. The van der Waals surface area contributed by atoms with Crippen molar-refractivity contribution in [2.24, 2.45) is 0 Å². The Hall–Kier alpha value is -0.443. The predicted molar refractivity (Wildman–Crippen MR) is 79.3 cm³/mol. The molecular weight excluding hydrogens is 211 g/mol. The van der Waals surface area contributed by atoms with Gasteiger partial charge in [0, 0.05) is 0 Å². The third-order valence-corrected chi connectivity index (χ3v) is 5.11. The molecule has 0 aliphatic heterocycles. The fourth-order valence-electron chi connectivity index (χ4n) is 3.54. The first-order valence-electron chi connectivity index (χ1n) is 7.18. The van der Waals surface area contributed by atoms with Crippen molar-refractivity contribution >= 4 is 23.8 Å².